The number of rotatable bonds is 3. The summed E-state index contributed by atoms with van der Waals surface area (Å²) in [6.45, 7) is 4.18. The third-order valence-corrected chi connectivity index (χ3v) is 2.84. The number of thioether (sulfide) groups is 1. The van der Waals surface area contributed by atoms with Gasteiger partial charge in [-0.05, 0) is 29.0 Å². The van der Waals surface area contributed by atoms with Crippen LogP contribution in [0.4, 0.5) is 4.39 Å². The van der Waals surface area contributed by atoms with Crippen molar-refractivity contribution in [3.63, 3.8) is 0 Å². The van der Waals surface area contributed by atoms with E-state index in [4.69, 9.17) is 5.26 Å². The van der Waals surface area contributed by atoms with Crippen molar-refractivity contribution < 1.29 is 4.39 Å². The summed E-state index contributed by atoms with van der Waals surface area (Å²) in [5.41, 5.74) is 1.27. The van der Waals surface area contributed by atoms with Crippen LogP contribution in [0.1, 0.15) is 25.0 Å². The van der Waals surface area contributed by atoms with Crippen molar-refractivity contribution in [2.75, 3.05) is 0 Å². The third-order valence-electron chi connectivity index (χ3n) is 1.67. The maximum atomic E-state index is 13.0. The zero-order valence-electron chi connectivity index (χ0n) is 8.25. The molecule has 0 saturated heterocycles. The van der Waals surface area contributed by atoms with E-state index >= 15 is 0 Å². The van der Waals surface area contributed by atoms with Gasteiger partial charge in [0.25, 0.3) is 0 Å². The summed E-state index contributed by atoms with van der Waals surface area (Å²) in [7, 11) is 0. The van der Waals surface area contributed by atoms with Crippen molar-refractivity contribution in [2.45, 2.75) is 24.9 Å². The first-order chi connectivity index (χ1) is 6.61. The fourth-order valence-electron chi connectivity index (χ4n) is 1.06. The summed E-state index contributed by atoms with van der Waals surface area (Å²) < 4.78 is 13.0. The first kappa shape index (κ1) is 11.1. The van der Waals surface area contributed by atoms with Gasteiger partial charge in [0.15, 0.2) is 0 Å². The number of benzene rings is 1. The van der Waals surface area contributed by atoms with Crippen LogP contribution in [0.2, 0.25) is 0 Å². The van der Waals surface area contributed by atoms with Gasteiger partial charge in [-0.25, -0.2) is 4.39 Å². The third kappa shape index (κ3) is 3.39. The first-order valence-corrected chi connectivity index (χ1v) is 5.48. The summed E-state index contributed by atoms with van der Waals surface area (Å²) in [5, 5.41) is 9.16. The molecule has 0 fully saturated rings. The molecule has 74 valence electrons. The largest absolute Gasteiger partial charge is 0.207 e. The van der Waals surface area contributed by atoms with Gasteiger partial charge in [0.1, 0.15) is 5.82 Å². The van der Waals surface area contributed by atoms with Crippen molar-refractivity contribution in [1.29, 1.82) is 5.26 Å². The van der Waals surface area contributed by atoms with Gasteiger partial charge < -0.3 is 0 Å². The van der Waals surface area contributed by atoms with Gasteiger partial charge in [-0.2, -0.15) is 17.0 Å². The van der Waals surface area contributed by atoms with E-state index in [1.165, 1.54) is 12.1 Å². The second-order valence-corrected chi connectivity index (χ2v) is 4.88. The highest BCUT2D eigenvalue weighted by Gasteiger charge is 2.01. The molecule has 0 unspecified atom stereocenters. The summed E-state index contributed by atoms with van der Waals surface area (Å²) in [4.78, 5) is 0. The molecule has 0 spiro atoms. The molecule has 1 aromatic rings. The Morgan fingerprint density at radius 1 is 1.43 bits per heavy atom. The molecule has 0 N–H and O–H groups in total. The number of hydrogen-bond donors (Lipinski definition) is 0. The Morgan fingerprint density at radius 2 is 2.14 bits per heavy atom. The average molecular weight is 209 g/mol. The first-order valence-electron chi connectivity index (χ1n) is 4.43. The monoisotopic (exact) mass is 209 g/mol. The fourth-order valence-corrected chi connectivity index (χ4v) is 1.75. The summed E-state index contributed by atoms with van der Waals surface area (Å²) >= 11 is 1.74. The van der Waals surface area contributed by atoms with E-state index in [1.807, 2.05) is 6.07 Å². The van der Waals surface area contributed by atoms with Crippen LogP contribution in [0.3, 0.4) is 0 Å². The van der Waals surface area contributed by atoms with Crippen LogP contribution in [-0.2, 0) is 5.75 Å². The predicted octanol–water partition coefficient (Wildman–Crippen LogP) is 3.34. The lowest BCUT2D eigenvalue weighted by atomic mass is 10.1. The van der Waals surface area contributed by atoms with Crippen LogP contribution in [0.5, 0.6) is 0 Å². The number of hydrogen-bond acceptors (Lipinski definition) is 2. The number of nitrogens with zero attached hydrogens (tertiary/aromatic N) is 1. The highest BCUT2D eigenvalue weighted by molar-refractivity contribution is 7.99. The van der Waals surface area contributed by atoms with Crippen molar-refractivity contribution in [3.05, 3.63) is 35.1 Å². The molecule has 0 aliphatic carbocycles. The van der Waals surface area contributed by atoms with E-state index in [-0.39, 0.29) is 5.82 Å². The molecule has 0 saturated carbocycles. The molecule has 0 bridgehead atoms. The lowest BCUT2D eigenvalue weighted by Gasteiger charge is -2.05. The normalized spacial score (nSPS) is 10.2. The lowest BCUT2D eigenvalue weighted by molar-refractivity contribution is 0.626. The predicted molar refractivity (Wildman–Crippen MR) is 57.5 cm³/mol. The smallest absolute Gasteiger partial charge is 0.124 e. The topological polar surface area (TPSA) is 23.8 Å². The van der Waals surface area contributed by atoms with E-state index in [0.717, 1.165) is 11.3 Å². The van der Waals surface area contributed by atoms with Gasteiger partial charge in [-0.1, -0.05) is 13.8 Å². The average Bonchev–Trinajstić information content (AvgIpc) is 2.14. The van der Waals surface area contributed by atoms with Crippen molar-refractivity contribution in [1.82, 2.24) is 0 Å². The van der Waals surface area contributed by atoms with E-state index in [9.17, 15) is 4.39 Å². The minimum atomic E-state index is -0.330. The Bertz CT molecular complexity index is 355. The SMILES string of the molecule is CC(C)SCc1cc(F)cc(C#N)c1. The molecule has 1 nitrogen and oxygen atoms in total. The van der Waals surface area contributed by atoms with Gasteiger partial charge >= 0.3 is 0 Å². The number of nitriles is 1. The van der Waals surface area contributed by atoms with Crippen molar-refractivity contribution >= 4 is 11.8 Å². The number of halogens is 1. The highest BCUT2D eigenvalue weighted by Crippen LogP contribution is 2.18. The van der Waals surface area contributed by atoms with Crippen LogP contribution >= 0.6 is 11.8 Å². The Hall–Kier alpha value is -1.01. The second kappa shape index (κ2) is 5.02. The molecule has 14 heavy (non-hydrogen) atoms. The van der Waals surface area contributed by atoms with Gasteiger partial charge in [0, 0.05) is 5.75 Å². The van der Waals surface area contributed by atoms with Crippen molar-refractivity contribution in [2.24, 2.45) is 0 Å². The maximum absolute atomic E-state index is 13.0. The van der Waals surface area contributed by atoms with Gasteiger partial charge in [0.05, 0.1) is 11.6 Å². The molecule has 0 radical (unpaired) electrons. The fraction of sp³-hybridized carbons (Fsp3) is 0.364. The van der Waals surface area contributed by atoms with Crippen molar-refractivity contribution in [3.8, 4) is 6.07 Å². The van der Waals surface area contributed by atoms with Gasteiger partial charge in [-0.3, -0.25) is 0 Å². The lowest BCUT2D eigenvalue weighted by Crippen LogP contribution is -1.91. The molecule has 0 aliphatic heterocycles. The molecule has 1 aromatic carbocycles. The minimum absolute atomic E-state index is 0.330. The zero-order chi connectivity index (χ0) is 10.6. The molecular weight excluding hydrogens is 197 g/mol. The Balaban J connectivity index is 2.78. The summed E-state index contributed by atoms with van der Waals surface area (Å²) in [5.74, 6) is 0.424. The van der Waals surface area contributed by atoms with Crippen LogP contribution in [0.25, 0.3) is 0 Å². The Labute approximate surface area is 87.9 Å². The van der Waals surface area contributed by atoms with E-state index in [0.29, 0.717) is 10.8 Å². The highest BCUT2D eigenvalue weighted by atomic mass is 32.2. The molecule has 3 heteroatoms. The van der Waals surface area contributed by atoms with Crippen LogP contribution < -0.4 is 0 Å². The van der Waals surface area contributed by atoms with E-state index in [2.05, 4.69) is 13.8 Å². The minimum Gasteiger partial charge on any atom is -0.207 e. The Kier molecular flexibility index (Phi) is 3.97. The van der Waals surface area contributed by atoms with E-state index in [1.54, 1.807) is 17.8 Å². The molecule has 0 atom stereocenters. The molecule has 0 aliphatic rings. The van der Waals surface area contributed by atoms with Gasteiger partial charge in [-0.15, -0.1) is 0 Å². The van der Waals surface area contributed by atoms with Gasteiger partial charge in [0.2, 0.25) is 0 Å². The zero-order valence-corrected chi connectivity index (χ0v) is 9.07. The molecule has 0 aromatic heterocycles. The molecule has 1 rings (SSSR count). The van der Waals surface area contributed by atoms with Crippen LogP contribution in [0, 0.1) is 17.1 Å². The van der Waals surface area contributed by atoms with Crippen LogP contribution in [-0.4, -0.2) is 5.25 Å². The molecular formula is C11H12FNS. The summed E-state index contributed by atoms with van der Waals surface area (Å²) in [6.07, 6.45) is 0. The molecule has 0 heterocycles. The quantitative estimate of drug-likeness (QED) is 0.762. The maximum Gasteiger partial charge on any atom is 0.124 e. The second-order valence-electron chi connectivity index (χ2n) is 3.32. The Morgan fingerprint density at radius 3 is 2.71 bits per heavy atom. The molecule has 0 amide bonds. The standard InChI is InChI=1S/C11H12FNS/c1-8(2)14-7-10-3-9(6-13)4-11(12)5-10/h3-5,8H,7H2,1-2H3. The van der Waals surface area contributed by atoms with Crippen LogP contribution in [0.15, 0.2) is 18.2 Å². The van der Waals surface area contributed by atoms with E-state index < -0.39 is 0 Å². The summed E-state index contributed by atoms with van der Waals surface area (Å²) in [6, 6.07) is 6.42.